The number of benzene rings is 2. The van der Waals surface area contributed by atoms with Crippen molar-refractivity contribution in [3.05, 3.63) is 58.9 Å². The molecule has 2 aromatic carbocycles. The van der Waals surface area contributed by atoms with Crippen LogP contribution in [-0.2, 0) is 10.0 Å². The van der Waals surface area contributed by atoms with Gasteiger partial charge >= 0.3 is 0 Å². The number of hydrogen-bond donors (Lipinski definition) is 1. The zero-order chi connectivity index (χ0) is 18.1. The minimum absolute atomic E-state index is 0.0396. The highest BCUT2D eigenvalue weighted by Crippen LogP contribution is 2.24. The molecule has 0 aliphatic heterocycles. The molecule has 128 valence electrons. The lowest BCUT2D eigenvalue weighted by atomic mass is 10.1. The summed E-state index contributed by atoms with van der Waals surface area (Å²) in [4.78, 5) is 12.5. The van der Waals surface area contributed by atoms with E-state index in [1.54, 1.807) is 26.0 Å². The van der Waals surface area contributed by atoms with Gasteiger partial charge in [-0.05, 0) is 49.2 Å². The van der Waals surface area contributed by atoms with E-state index in [-0.39, 0.29) is 16.1 Å². The average Bonchev–Trinajstić information content (AvgIpc) is 2.51. The first kappa shape index (κ1) is 18.1. The van der Waals surface area contributed by atoms with Gasteiger partial charge in [0.1, 0.15) is 5.82 Å². The van der Waals surface area contributed by atoms with Gasteiger partial charge in [0.05, 0.1) is 10.6 Å². The van der Waals surface area contributed by atoms with Gasteiger partial charge in [-0.25, -0.2) is 17.1 Å². The van der Waals surface area contributed by atoms with Crippen molar-refractivity contribution < 1.29 is 17.6 Å². The minimum atomic E-state index is -3.69. The molecule has 7 heteroatoms. The lowest BCUT2D eigenvalue weighted by Crippen LogP contribution is -2.24. The summed E-state index contributed by atoms with van der Waals surface area (Å²) < 4.78 is 39.6. The Morgan fingerprint density at radius 2 is 1.75 bits per heavy atom. The van der Waals surface area contributed by atoms with Crippen LogP contribution in [0.25, 0.3) is 0 Å². The van der Waals surface area contributed by atoms with Crippen LogP contribution in [0, 0.1) is 19.7 Å². The van der Waals surface area contributed by atoms with Crippen molar-refractivity contribution in [3.63, 3.8) is 0 Å². The van der Waals surface area contributed by atoms with Crippen molar-refractivity contribution in [2.24, 2.45) is 0 Å². The van der Waals surface area contributed by atoms with E-state index < -0.39 is 21.7 Å². The lowest BCUT2D eigenvalue weighted by Gasteiger charge is -2.16. The van der Waals surface area contributed by atoms with Crippen LogP contribution >= 0.6 is 0 Å². The summed E-state index contributed by atoms with van der Waals surface area (Å²) in [5.41, 5.74) is 1.43. The molecular weight excluding hydrogens is 331 g/mol. The summed E-state index contributed by atoms with van der Waals surface area (Å²) in [6.07, 6.45) is 0. The topological polar surface area (TPSA) is 66.5 Å². The molecule has 0 fully saturated rings. The molecule has 1 N–H and O–H groups in total. The summed E-state index contributed by atoms with van der Waals surface area (Å²) in [6, 6.07) is 8.68. The maximum atomic E-state index is 13.7. The van der Waals surface area contributed by atoms with Gasteiger partial charge in [-0.15, -0.1) is 0 Å². The summed E-state index contributed by atoms with van der Waals surface area (Å²) in [5, 5.41) is 2.46. The molecular formula is C17H19FN2O3S. The van der Waals surface area contributed by atoms with Crippen LogP contribution in [0.1, 0.15) is 21.5 Å². The van der Waals surface area contributed by atoms with Gasteiger partial charge in [-0.1, -0.05) is 12.1 Å². The van der Waals surface area contributed by atoms with E-state index in [9.17, 15) is 17.6 Å². The average molecular weight is 350 g/mol. The number of sulfonamides is 1. The lowest BCUT2D eigenvalue weighted by molar-refractivity contribution is 0.102. The van der Waals surface area contributed by atoms with Crippen LogP contribution in [0.15, 0.2) is 41.3 Å². The van der Waals surface area contributed by atoms with Crippen LogP contribution in [-0.4, -0.2) is 32.7 Å². The smallest absolute Gasteiger partial charge is 0.255 e. The molecule has 0 aliphatic carbocycles. The largest absolute Gasteiger partial charge is 0.319 e. The number of halogens is 1. The Bertz CT molecular complexity index is 893. The first-order chi connectivity index (χ1) is 11.1. The van der Waals surface area contributed by atoms with Gasteiger partial charge in [0.15, 0.2) is 0 Å². The van der Waals surface area contributed by atoms with Crippen LogP contribution < -0.4 is 5.32 Å². The van der Waals surface area contributed by atoms with Crippen LogP contribution in [0.4, 0.5) is 10.1 Å². The second kappa shape index (κ2) is 6.70. The zero-order valence-electron chi connectivity index (χ0n) is 13.9. The summed E-state index contributed by atoms with van der Waals surface area (Å²) in [6.45, 7) is 3.41. The Morgan fingerprint density at radius 3 is 2.33 bits per heavy atom. The maximum absolute atomic E-state index is 13.7. The summed E-state index contributed by atoms with van der Waals surface area (Å²) in [5.74, 6) is -1.13. The van der Waals surface area contributed by atoms with Crippen molar-refractivity contribution >= 4 is 21.6 Å². The number of rotatable bonds is 4. The third kappa shape index (κ3) is 3.47. The zero-order valence-corrected chi connectivity index (χ0v) is 14.7. The highest BCUT2D eigenvalue weighted by molar-refractivity contribution is 7.89. The molecule has 0 heterocycles. The number of carbonyl (C=O) groups excluding carboxylic acids is 1. The van der Waals surface area contributed by atoms with Crippen molar-refractivity contribution in [3.8, 4) is 0 Å². The number of nitrogens with zero attached hydrogens (tertiary/aromatic N) is 1. The first-order valence-corrected chi connectivity index (χ1v) is 8.68. The SMILES string of the molecule is Cc1cc(C(=O)Nc2ccccc2F)cc(S(=O)(=O)N(C)C)c1C. The van der Waals surface area contributed by atoms with E-state index in [1.807, 2.05) is 0 Å². The van der Waals surface area contributed by atoms with E-state index in [2.05, 4.69) is 5.32 Å². The second-order valence-corrected chi connectivity index (χ2v) is 7.76. The fourth-order valence-electron chi connectivity index (χ4n) is 2.18. The van der Waals surface area contributed by atoms with Crippen LogP contribution in [0.5, 0.6) is 0 Å². The van der Waals surface area contributed by atoms with E-state index in [0.29, 0.717) is 11.1 Å². The Kier molecular flexibility index (Phi) is 5.05. The van der Waals surface area contributed by atoms with E-state index in [0.717, 1.165) is 4.31 Å². The minimum Gasteiger partial charge on any atom is -0.319 e. The van der Waals surface area contributed by atoms with Gasteiger partial charge in [-0.3, -0.25) is 4.79 Å². The predicted molar refractivity (Wildman–Crippen MR) is 91.1 cm³/mol. The van der Waals surface area contributed by atoms with E-state index in [1.165, 1.54) is 38.4 Å². The van der Waals surface area contributed by atoms with Crippen molar-refractivity contribution in [1.29, 1.82) is 0 Å². The molecule has 1 amide bonds. The molecule has 0 saturated carbocycles. The molecule has 0 unspecified atom stereocenters. The molecule has 0 spiro atoms. The number of amides is 1. The van der Waals surface area contributed by atoms with Crippen LogP contribution in [0.3, 0.4) is 0 Å². The van der Waals surface area contributed by atoms with Crippen LogP contribution in [0.2, 0.25) is 0 Å². The van der Waals surface area contributed by atoms with Crippen molar-refractivity contribution in [2.45, 2.75) is 18.7 Å². The van der Waals surface area contributed by atoms with E-state index in [4.69, 9.17) is 0 Å². The number of anilines is 1. The molecule has 24 heavy (non-hydrogen) atoms. The molecule has 2 rings (SSSR count). The second-order valence-electron chi connectivity index (χ2n) is 5.64. The molecule has 0 bridgehead atoms. The number of para-hydroxylation sites is 1. The maximum Gasteiger partial charge on any atom is 0.255 e. The van der Waals surface area contributed by atoms with E-state index >= 15 is 0 Å². The normalized spacial score (nSPS) is 11.6. The quantitative estimate of drug-likeness (QED) is 0.922. The molecule has 0 aromatic heterocycles. The number of hydrogen-bond acceptors (Lipinski definition) is 3. The number of nitrogens with one attached hydrogen (secondary N) is 1. The molecule has 0 radical (unpaired) electrons. The Morgan fingerprint density at radius 1 is 1.12 bits per heavy atom. The fourth-order valence-corrected chi connectivity index (χ4v) is 3.40. The third-order valence-corrected chi connectivity index (χ3v) is 5.70. The summed E-state index contributed by atoms with van der Waals surface area (Å²) in [7, 11) is -0.834. The molecule has 2 aromatic rings. The molecule has 0 atom stereocenters. The van der Waals surface area contributed by atoms with Gasteiger partial charge in [-0.2, -0.15) is 0 Å². The Labute approximate surface area is 141 Å². The Balaban J connectivity index is 2.47. The first-order valence-electron chi connectivity index (χ1n) is 7.24. The number of aryl methyl sites for hydroxylation is 1. The highest BCUT2D eigenvalue weighted by atomic mass is 32.2. The van der Waals surface area contributed by atoms with Crippen molar-refractivity contribution in [2.75, 3.05) is 19.4 Å². The summed E-state index contributed by atoms with van der Waals surface area (Å²) >= 11 is 0. The molecule has 0 saturated heterocycles. The number of carbonyl (C=O) groups is 1. The van der Waals surface area contributed by atoms with Gasteiger partial charge in [0, 0.05) is 19.7 Å². The predicted octanol–water partition coefficient (Wildman–Crippen LogP) is 2.95. The van der Waals surface area contributed by atoms with Gasteiger partial charge < -0.3 is 5.32 Å². The Hall–Kier alpha value is -2.25. The molecule has 5 nitrogen and oxygen atoms in total. The monoisotopic (exact) mass is 350 g/mol. The van der Waals surface area contributed by atoms with Crippen molar-refractivity contribution in [1.82, 2.24) is 4.31 Å². The standard InChI is InChI=1S/C17H19FN2O3S/c1-11-9-13(10-16(12(11)2)24(22,23)20(3)4)17(21)19-15-8-6-5-7-14(15)18/h5-10H,1-4H3,(H,19,21). The van der Waals surface area contributed by atoms with Gasteiger partial charge in [0.25, 0.3) is 5.91 Å². The third-order valence-electron chi connectivity index (χ3n) is 3.76. The van der Waals surface area contributed by atoms with Gasteiger partial charge in [0.2, 0.25) is 10.0 Å². The molecule has 0 aliphatic rings. The fraction of sp³-hybridized carbons (Fsp3) is 0.235. The highest BCUT2D eigenvalue weighted by Gasteiger charge is 2.23.